The second-order valence-corrected chi connectivity index (χ2v) is 4.12. The first-order valence-corrected chi connectivity index (χ1v) is 5.94. The number of aryl methyl sites for hydroxylation is 1. The molecule has 0 atom stereocenters. The van der Waals surface area contributed by atoms with Crippen LogP contribution in [-0.2, 0) is 6.42 Å². The zero-order valence-corrected chi connectivity index (χ0v) is 10.6. The number of benzene rings is 1. The molecule has 0 fully saturated rings. The van der Waals surface area contributed by atoms with E-state index in [1.807, 2.05) is 24.3 Å². The molecule has 0 spiro atoms. The molecular weight excluding hydrogens is 250 g/mol. The Hall–Kier alpha value is -1.94. The van der Waals surface area contributed by atoms with E-state index in [0.717, 1.165) is 17.7 Å². The quantitative estimate of drug-likeness (QED) is 0.924. The van der Waals surface area contributed by atoms with Gasteiger partial charge in [0.25, 0.3) is 5.91 Å². The molecular formula is C13H12ClN3O. The second kappa shape index (κ2) is 5.60. The van der Waals surface area contributed by atoms with Gasteiger partial charge in [-0.1, -0.05) is 30.7 Å². The molecule has 5 heteroatoms. The maximum atomic E-state index is 11.9. The van der Waals surface area contributed by atoms with E-state index in [-0.39, 0.29) is 16.8 Å². The largest absolute Gasteiger partial charge is 0.321 e. The summed E-state index contributed by atoms with van der Waals surface area (Å²) >= 11 is 5.69. The minimum atomic E-state index is -0.321. The van der Waals surface area contributed by atoms with Crippen LogP contribution in [0.2, 0.25) is 5.15 Å². The number of nitrogens with one attached hydrogen (secondary N) is 1. The number of nitrogens with zero attached hydrogens (tertiary/aromatic N) is 2. The van der Waals surface area contributed by atoms with Gasteiger partial charge in [-0.25, -0.2) is 4.98 Å². The highest BCUT2D eigenvalue weighted by molar-refractivity contribution is 6.29. The SMILES string of the molecule is CCc1cccc(NC(=O)c2cncc(Cl)n2)c1. The van der Waals surface area contributed by atoms with Gasteiger partial charge in [0.15, 0.2) is 0 Å². The highest BCUT2D eigenvalue weighted by Crippen LogP contribution is 2.12. The van der Waals surface area contributed by atoms with Crippen molar-refractivity contribution in [3.05, 3.63) is 53.1 Å². The van der Waals surface area contributed by atoms with Gasteiger partial charge in [0.05, 0.1) is 12.4 Å². The smallest absolute Gasteiger partial charge is 0.275 e. The van der Waals surface area contributed by atoms with Crippen molar-refractivity contribution in [2.75, 3.05) is 5.32 Å². The molecule has 0 aliphatic carbocycles. The van der Waals surface area contributed by atoms with Crippen molar-refractivity contribution in [1.29, 1.82) is 0 Å². The van der Waals surface area contributed by atoms with Gasteiger partial charge in [-0.3, -0.25) is 9.78 Å². The van der Waals surface area contributed by atoms with E-state index in [4.69, 9.17) is 11.6 Å². The predicted octanol–water partition coefficient (Wildman–Crippen LogP) is 2.94. The fourth-order valence-corrected chi connectivity index (χ4v) is 1.66. The number of halogens is 1. The molecule has 1 aromatic carbocycles. The standard InChI is InChI=1S/C13H12ClN3O/c1-2-9-4-3-5-10(6-9)16-13(18)11-7-15-8-12(14)17-11/h3-8H,2H2,1H3,(H,16,18). The Morgan fingerprint density at radius 2 is 2.22 bits per heavy atom. The maximum absolute atomic E-state index is 11.9. The van der Waals surface area contributed by atoms with Crippen LogP contribution < -0.4 is 5.32 Å². The number of anilines is 1. The lowest BCUT2D eigenvalue weighted by Gasteiger charge is -2.06. The van der Waals surface area contributed by atoms with Gasteiger partial charge in [0.2, 0.25) is 0 Å². The van der Waals surface area contributed by atoms with Crippen LogP contribution in [0.25, 0.3) is 0 Å². The average molecular weight is 262 g/mol. The topological polar surface area (TPSA) is 54.9 Å². The van der Waals surface area contributed by atoms with Crippen molar-refractivity contribution in [2.45, 2.75) is 13.3 Å². The van der Waals surface area contributed by atoms with Crippen LogP contribution in [-0.4, -0.2) is 15.9 Å². The number of aromatic nitrogens is 2. The van der Waals surface area contributed by atoms with Gasteiger partial charge >= 0.3 is 0 Å². The molecule has 2 aromatic rings. The number of carbonyl (C=O) groups excluding carboxylic acids is 1. The Kier molecular flexibility index (Phi) is 3.89. The van der Waals surface area contributed by atoms with Gasteiger partial charge in [-0.15, -0.1) is 0 Å². The third-order valence-corrected chi connectivity index (χ3v) is 2.61. The lowest BCUT2D eigenvalue weighted by Crippen LogP contribution is -2.14. The summed E-state index contributed by atoms with van der Waals surface area (Å²) in [4.78, 5) is 19.6. The molecule has 0 saturated heterocycles. The van der Waals surface area contributed by atoms with E-state index in [1.165, 1.54) is 12.4 Å². The zero-order valence-electron chi connectivity index (χ0n) is 9.85. The fraction of sp³-hybridized carbons (Fsp3) is 0.154. The number of hydrogen-bond donors (Lipinski definition) is 1. The van der Waals surface area contributed by atoms with E-state index < -0.39 is 0 Å². The number of rotatable bonds is 3. The molecule has 4 nitrogen and oxygen atoms in total. The minimum absolute atomic E-state index is 0.199. The third-order valence-electron chi connectivity index (χ3n) is 2.43. The van der Waals surface area contributed by atoms with Gasteiger partial charge in [0.1, 0.15) is 10.8 Å². The Labute approximate surface area is 110 Å². The third kappa shape index (κ3) is 3.05. The lowest BCUT2D eigenvalue weighted by molar-refractivity contribution is 0.102. The first-order valence-electron chi connectivity index (χ1n) is 5.57. The first kappa shape index (κ1) is 12.5. The summed E-state index contributed by atoms with van der Waals surface area (Å²) in [5, 5.41) is 2.96. The van der Waals surface area contributed by atoms with E-state index in [0.29, 0.717) is 0 Å². The van der Waals surface area contributed by atoms with Crippen LogP contribution in [0.15, 0.2) is 36.7 Å². The zero-order chi connectivity index (χ0) is 13.0. The molecule has 1 amide bonds. The van der Waals surface area contributed by atoms with E-state index in [1.54, 1.807) is 0 Å². The van der Waals surface area contributed by atoms with Gasteiger partial charge in [-0.2, -0.15) is 0 Å². The molecule has 1 aromatic heterocycles. The summed E-state index contributed by atoms with van der Waals surface area (Å²) in [5.74, 6) is -0.321. The Balaban J connectivity index is 2.16. The molecule has 92 valence electrons. The Morgan fingerprint density at radius 3 is 2.94 bits per heavy atom. The maximum Gasteiger partial charge on any atom is 0.275 e. The molecule has 18 heavy (non-hydrogen) atoms. The van der Waals surface area contributed by atoms with Crippen LogP contribution in [0.5, 0.6) is 0 Å². The summed E-state index contributed by atoms with van der Waals surface area (Å²) in [7, 11) is 0. The summed E-state index contributed by atoms with van der Waals surface area (Å²) in [6.07, 6.45) is 3.68. The Morgan fingerprint density at radius 1 is 1.39 bits per heavy atom. The van der Waals surface area contributed by atoms with E-state index in [9.17, 15) is 4.79 Å². The van der Waals surface area contributed by atoms with Crippen molar-refractivity contribution in [1.82, 2.24) is 9.97 Å². The van der Waals surface area contributed by atoms with Crippen molar-refractivity contribution in [3.8, 4) is 0 Å². The summed E-state index contributed by atoms with van der Waals surface area (Å²) in [6.45, 7) is 2.06. The number of hydrogen-bond acceptors (Lipinski definition) is 3. The molecule has 2 rings (SSSR count). The number of carbonyl (C=O) groups is 1. The molecule has 0 bridgehead atoms. The van der Waals surface area contributed by atoms with Crippen molar-refractivity contribution >= 4 is 23.2 Å². The van der Waals surface area contributed by atoms with Crippen LogP contribution in [0.3, 0.4) is 0 Å². The summed E-state index contributed by atoms with van der Waals surface area (Å²) < 4.78 is 0. The highest BCUT2D eigenvalue weighted by atomic mass is 35.5. The number of amides is 1. The van der Waals surface area contributed by atoms with Crippen LogP contribution in [0, 0.1) is 0 Å². The van der Waals surface area contributed by atoms with Crippen LogP contribution in [0.4, 0.5) is 5.69 Å². The van der Waals surface area contributed by atoms with Gasteiger partial charge in [-0.05, 0) is 24.1 Å². The molecule has 0 aliphatic heterocycles. The van der Waals surface area contributed by atoms with Gasteiger partial charge in [0, 0.05) is 5.69 Å². The molecule has 1 heterocycles. The normalized spacial score (nSPS) is 10.1. The van der Waals surface area contributed by atoms with Crippen molar-refractivity contribution in [3.63, 3.8) is 0 Å². The molecule has 0 radical (unpaired) electrons. The Bertz CT molecular complexity index is 572. The monoisotopic (exact) mass is 261 g/mol. The fourth-order valence-electron chi connectivity index (χ4n) is 1.52. The van der Waals surface area contributed by atoms with E-state index >= 15 is 0 Å². The average Bonchev–Trinajstić information content (AvgIpc) is 2.39. The summed E-state index contributed by atoms with van der Waals surface area (Å²) in [6, 6.07) is 7.66. The predicted molar refractivity (Wildman–Crippen MR) is 70.8 cm³/mol. The van der Waals surface area contributed by atoms with E-state index in [2.05, 4.69) is 22.2 Å². The molecule has 0 unspecified atom stereocenters. The van der Waals surface area contributed by atoms with Gasteiger partial charge < -0.3 is 5.32 Å². The lowest BCUT2D eigenvalue weighted by atomic mass is 10.1. The van der Waals surface area contributed by atoms with Crippen LogP contribution >= 0.6 is 11.6 Å². The highest BCUT2D eigenvalue weighted by Gasteiger charge is 2.08. The summed E-state index contributed by atoms with van der Waals surface area (Å²) in [5.41, 5.74) is 2.09. The molecule has 0 saturated carbocycles. The first-order chi connectivity index (χ1) is 8.69. The minimum Gasteiger partial charge on any atom is -0.321 e. The molecule has 1 N–H and O–H groups in total. The second-order valence-electron chi connectivity index (χ2n) is 3.74. The van der Waals surface area contributed by atoms with Crippen molar-refractivity contribution < 1.29 is 4.79 Å². The van der Waals surface area contributed by atoms with Crippen LogP contribution in [0.1, 0.15) is 23.0 Å². The molecule has 0 aliphatic rings. The van der Waals surface area contributed by atoms with Crippen molar-refractivity contribution in [2.24, 2.45) is 0 Å².